The molecule has 0 radical (unpaired) electrons. The number of allylic oxidation sites excluding steroid dienone is 2. The molecule has 0 spiro atoms. The fourth-order valence-corrected chi connectivity index (χ4v) is 0.781. The van der Waals surface area contributed by atoms with Crippen LogP contribution < -0.4 is 0 Å². The largest absolute Gasteiger partial charge is 0.472 e. The molecule has 0 aromatic carbocycles. The highest BCUT2D eigenvalue weighted by Crippen LogP contribution is 2.03. The number of furan rings is 1. The van der Waals surface area contributed by atoms with Crippen LogP contribution in [0.25, 0.3) is 0 Å². The minimum Gasteiger partial charge on any atom is -0.472 e. The lowest BCUT2D eigenvalue weighted by Crippen LogP contribution is -1.91. The van der Waals surface area contributed by atoms with Crippen molar-refractivity contribution in [2.75, 3.05) is 0 Å². The van der Waals surface area contributed by atoms with E-state index in [0.29, 0.717) is 11.5 Å². The molecule has 0 N–H and O–H groups in total. The van der Waals surface area contributed by atoms with E-state index in [4.69, 9.17) is 4.42 Å². The summed E-state index contributed by atoms with van der Waals surface area (Å²) in [5.74, 6) is 0.401. The molecule has 0 aliphatic rings. The Balaban J connectivity index is 2.62. The van der Waals surface area contributed by atoms with Crippen LogP contribution in [0.4, 0.5) is 0 Å². The number of carbonyl (C=O) groups excluding carboxylic acids is 1. The van der Waals surface area contributed by atoms with Crippen LogP contribution in [0.2, 0.25) is 0 Å². The Kier molecular flexibility index (Phi) is 2.86. The lowest BCUT2D eigenvalue weighted by molar-refractivity contribution is 0.104. The van der Waals surface area contributed by atoms with E-state index in [1.165, 1.54) is 12.5 Å². The van der Waals surface area contributed by atoms with Gasteiger partial charge in [0.2, 0.25) is 0 Å². The third kappa shape index (κ3) is 2.38. The highest BCUT2D eigenvalue weighted by Gasteiger charge is 2.01. The summed E-state index contributed by atoms with van der Waals surface area (Å²) < 4.78 is 4.79. The van der Waals surface area contributed by atoms with Gasteiger partial charge in [-0.15, -0.1) is 0 Å². The average molecular weight is 164 g/mol. The first-order chi connectivity index (χ1) is 5.70. The van der Waals surface area contributed by atoms with E-state index in [1.54, 1.807) is 12.1 Å². The van der Waals surface area contributed by atoms with E-state index in [9.17, 15) is 4.79 Å². The molecule has 12 heavy (non-hydrogen) atoms. The highest BCUT2D eigenvalue weighted by molar-refractivity contribution is 6.04. The van der Waals surface area contributed by atoms with Crippen LogP contribution in [0.15, 0.2) is 35.2 Å². The van der Waals surface area contributed by atoms with Gasteiger partial charge in [0.25, 0.3) is 0 Å². The molecule has 0 fully saturated rings. The molecule has 64 valence electrons. The maximum Gasteiger partial charge on any atom is 0.188 e. The van der Waals surface area contributed by atoms with E-state index in [2.05, 4.69) is 0 Å². The summed E-state index contributed by atoms with van der Waals surface area (Å²) in [5.41, 5.74) is 0.604. The Morgan fingerprint density at radius 2 is 2.33 bits per heavy atom. The molecule has 0 aliphatic carbocycles. The quantitative estimate of drug-likeness (QED) is 0.508. The van der Waals surface area contributed by atoms with Crippen molar-refractivity contribution >= 4 is 5.78 Å². The van der Waals surface area contributed by atoms with Crippen LogP contribution in [-0.4, -0.2) is 5.78 Å². The Morgan fingerprint density at radius 3 is 2.83 bits per heavy atom. The summed E-state index contributed by atoms with van der Waals surface area (Å²) >= 11 is 0. The van der Waals surface area contributed by atoms with Crippen molar-refractivity contribution in [1.82, 2.24) is 0 Å². The first-order valence-electron chi connectivity index (χ1n) is 3.95. The predicted molar refractivity (Wildman–Crippen MR) is 47.0 cm³/mol. The van der Waals surface area contributed by atoms with E-state index in [0.717, 1.165) is 0 Å². The summed E-state index contributed by atoms with van der Waals surface area (Å²) in [4.78, 5) is 11.3. The lowest BCUT2D eigenvalue weighted by atomic mass is 10.1. The van der Waals surface area contributed by atoms with Crippen molar-refractivity contribution in [2.24, 2.45) is 5.92 Å². The van der Waals surface area contributed by atoms with Crippen LogP contribution in [0.3, 0.4) is 0 Å². The third-order valence-corrected chi connectivity index (χ3v) is 1.44. The molecule has 0 amide bonds. The Hall–Kier alpha value is -1.31. The first kappa shape index (κ1) is 8.78. The first-order valence-corrected chi connectivity index (χ1v) is 3.95. The Morgan fingerprint density at radius 1 is 1.58 bits per heavy atom. The van der Waals surface area contributed by atoms with Crippen LogP contribution in [0, 0.1) is 5.92 Å². The third-order valence-electron chi connectivity index (χ3n) is 1.44. The Bertz CT molecular complexity index is 268. The molecule has 2 heteroatoms. The molecule has 1 aromatic heterocycles. The van der Waals surface area contributed by atoms with E-state index < -0.39 is 0 Å². The topological polar surface area (TPSA) is 30.2 Å². The van der Waals surface area contributed by atoms with Gasteiger partial charge in [-0.1, -0.05) is 19.9 Å². The van der Waals surface area contributed by atoms with Gasteiger partial charge in [-0.3, -0.25) is 4.79 Å². The number of ketones is 1. The Labute approximate surface area is 71.9 Å². The van der Waals surface area contributed by atoms with Crippen molar-refractivity contribution in [3.05, 3.63) is 36.3 Å². The summed E-state index contributed by atoms with van der Waals surface area (Å²) in [7, 11) is 0. The van der Waals surface area contributed by atoms with Gasteiger partial charge in [0.05, 0.1) is 11.8 Å². The standard InChI is InChI=1S/C10H12O2/c1-8(2)3-4-10(11)9-5-6-12-7-9/h3-8H,1-2H3/b4-3+. The molecule has 1 aromatic rings. The van der Waals surface area contributed by atoms with Crippen LogP contribution >= 0.6 is 0 Å². The fourth-order valence-electron chi connectivity index (χ4n) is 0.781. The maximum atomic E-state index is 11.3. The second kappa shape index (κ2) is 3.90. The monoisotopic (exact) mass is 164 g/mol. The summed E-state index contributed by atoms with van der Waals surface area (Å²) in [5, 5.41) is 0. The smallest absolute Gasteiger partial charge is 0.188 e. The minimum atomic E-state index is -0.00236. The van der Waals surface area contributed by atoms with Crippen molar-refractivity contribution in [3.63, 3.8) is 0 Å². The van der Waals surface area contributed by atoms with Gasteiger partial charge < -0.3 is 4.42 Å². The van der Waals surface area contributed by atoms with Gasteiger partial charge in [0, 0.05) is 0 Å². The van der Waals surface area contributed by atoms with Gasteiger partial charge in [-0.2, -0.15) is 0 Å². The van der Waals surface area contributed by atoms with Gasteiger partial charge in [0.1, 0.15) is 6.26 Å². The minimum absolute atomic E-state index is 0.00236. The van der Waals surface area contributed by atoms with Crippen molar-refractivity contribution in [3.8, 4) is 0 Å². The zero-order chi connectivity index (χ0) is 8.97. The molecule has 1 rings (SSSR count). The van der Waals surface area contributed by atoms with Crippen LogP contribution in [0.1, 0.15) is 24.2 Å². The lowest BCUT2D eigenvalue weighted by Gasteiger charge is -1.91. The van der Waals surface area contributed by atoms with Crippen molar-refractivity contribution in [1.29, 1.82) is 0 Å². The average Bonchev–Trinajstić information content (AvgIpc) is 2.51. The molecule has 0 saturated carbocycles. The van der Waals surface area contributed by atoms with Gasteiger partial charge in [-0.25, -0.2) is 0 Å². The second-order valence-corrected chi connectivity index (χ2v) is 2.98. The fraction of sp³-hybridized carbons (Fsp3) is 0.300. The van der Waals surface area contributed by atoms with Gasteiger partial charge in [0.15, 0.2) is 5.78 Å². The van der Waals surface area contributed by atoms with Crippen LogP contribution in [-0.2, 0) is 0 Å². The second-order valence-electron chi connectivity index (χ2n) is 2.98. The SMILES string of the molecule is CC(C)/C=C/C(=O)c1ccoc1. The number of hydrogen-bond acceptors (Lipinski definition) is 2. The predicted octanol–water partition coefficient (Wildman–Crippen LogP) is 2.67. The zero-order valence-corrected chi connectivity index (χ0v) is 7.28. The summed E-state index contributed by atoms with van der Waals surface area (Å²) in [6.45, 7) is 4.05. The van der Waals surface area contributed by atoms with Crippen molar-refractivity contribution in [2.45, 2.75) is 13.8 Å². The molecule has 0 aliphatic heterocycles. The van der Waals surface area contributed by atoms with Crippen molar-refractivity contribution < 1.29 is 9.21 Å². The molecule has 0 atom stereocenters. The van der Waals surface area contributed by atoms with Gasteiger partial charge >= 0.3 is 0 Å². The molecular formula is C10H12O2. The molecule has 0 bridgehead atoms. The summed E-state index contributed by atoms with van der Waals surface area (Å²) in [6.07, 6.45) is 6.40. The van der Waals surface area contributed by atoms with Gasteiger partial charge in [-0.05, 0) is 18.1 Å². The number of rotatable bonds is 3. The normalized spacial score (nSPS) is 11.2. The molecule has 2 nitrogen and oxygen atoms in total. The molecule has 0 saturated heterocycles. The van der Waals surface area contributed by atoms with E-state index >= 15 is 0 Å². The molecular weight excluding hydrogens is 152 g/mol. The zero-order valence-electron chi connectivity index (χ0n) is 7.28. The molecule has 0 unspecified atom stereocenters. The highest BCUT2D eigenvalue weighted by atomic mass is 16.3. The van der Waals surface area contributed by atoms with E-state index in [1.807, 2.05) is 19.9 Å². The maximum absolute atomic E-state index is 11.3. The van der Waals surface area contributed by atoms with Crippen LogP contribution in [0.5, 0.6) is 0 Å². The summed E-state index contributed by atoms with van der Waals surface area (Å²) in [6, 6.07) is 1.66. The molecule has 1 heterocycles. The number of hydrogen-bond donors (Lipinski definition) is 0. The van der Waals surface area contributed by atoms with E-state index in [-0.39, 0.29) is 5.78 Å². The number of carbonyl (C=O) groups is 1.